The predicted molar refractivity (Wildman–Crippen MR) is 104 cm³/mol. The van der Waals surface area contributed by atoms with Crippen LogP contribution in [0, 0.1) is 0 Å². The lowest BCUT2D eigenvalue weighted by Gasteiger charge is -2.28. The largest absolute Gasteiger partial charge is 0.486 e. The Labute approximate surface area is 166 Å². The highest BCUT2D eigenvalue weighted by molar-refractivity contribution is 5.82. The number of nitrogens with zero attached hydrogens (tertiary/aromatic N) is 3. The van der Waals surface area contributed by atoms with Gasteiger partial charge in [-0.15, -0.1) is 0 Å². The van der Waals surface area contributed by atoms with Gasteiger partial charge in [0.25, 0.3) is 0 Å². The van der Waals surface area contributed by atoms with Gasteiger partial charge in [-0.1, -0.05) is 6.07 Å². The first kappa shape index (κ1) is 19.1. The van der Waals surface area contributed by atoms with Gasteiger partial charge in [0.1, 0.15) is 13.2 Å². The van der Waals surface area contributed by atoms with Crippen LogP contribution in [0.3, 0.4) is 0 Å². The first-order valence-corrected chi connectivity index (χ1v) is 10.3. The summed E-state index contributed by atoms with van der Waals surface area (Å²) >= 11 is 0. The van der Waals surface area contributed by atoms with Crippen LogP contribution in [0.15, 0.2) is 18.2 Å². The molecule has 2 saturated heterocycles. The third-order valence-electron chi connectivity index (χ3n) is 5.79. The van der Waals surface area contributed by atoms with Crippen LogP contribution in [0.5, 0.6) is 11.5 Å². The zero-order chi connectivity index (χ0) is 19.5. The summed E-state index contributed by atoms with van der Waals surface area (Å²) in [6.45, 7) is 4.14. The minimum Gasteiger partial charge on any atom is -0.486 e. The van der Waals surface area contributed by atoms with E-state index in [2.05, 4.69) is 0 Å². The van der Waals surface area contributed by atoms with Crippen molar-refractivity contribution in [2.75, 3.05) is 53.0 Å². The van der Waals surface area contributed by atoms with Gasteiger partial charge < -0.3 is 19.3 Å². The van der Waals surface area contributed by atoms with Crippen molar-refractivity contribution in [2.24, 2.45) is 0 Å². The molecular weight excluding hydrogens is 358 g/mol. The van der Waals surface area contributed by atoms with Crippen LogP contribution in [0.2, 0.25) is 0 Å². The van der Waals surface area contributed by atoms with E-state index in [0.29, 0.717) is 19.8 Å². The number of hydrogen-bond donors (Lipinski definition) is 0. The molecule has 1 aromatic carbocycles. The van der Waals surface area contributed by atoms with E-state index in [-0.39, 0.29) is 24.4 Å². The summed E-state index contributed by atoms with van der Waals surface area (Å²) in [6.07, 6.45) is 4.10. The van der Waals surface area contributed by atoms with Crippen LogP contribution in [0.25, 0.3) is 0 Å². The summed E-state index contributed by atoms with van der Waals surface area (Å²) in [5, 5.41) is 0. The fourth-order valence-electron chi connectivity index (χ4n) is 4.35. The fraction of sp³-hybridized carbons (Fsp3) is 0.619. The van der Waals surface area contributed by atoms with Gasteiger partial charge in [0, 0.05) is 19.6 Å². The molecule has 2 amide bonds. The standard InChI is InChI=1S/C21H29N3O4/c1-22(14-20(25)23-8-2-3-9-23)15-21(26)24-10-4-5-17(24)16-6-7-18-19(13-16)28-12-11-27-18/h6-7,13,17H,2-5,8-12,14-15H2,1H3/t17-/m0/s1. The molecule has 3 aliphatic rings. The molecule has 0 N–H and O–H groups in total. The van der Waals surface area contributed by atoms with Crippen molar-refractivity contribution in [1.29, 1.82) is 0 Å². The molecule has 0 aliphatic carbocycles. The third kappa shape index (κ3) is 4.09. The zero-order valence-electron chi connectivity index (χ0n) is 16.6. The SMILES string of the molecule is CN(CC(=O)N1CCCC1)CC(=O)N1CCC[C@H]1c1ccc2c(c1)OCCO2. The Morgan fingerprint density at radius 3 is 2.50 bits per heavy atom. The molecule has 3 aliphatic heterocycles. The molecule has 152 valence electrons. The summed E-state index contributed by atoms with van der Waals surface area (Å²) in [4.78, 5) is 30.9. The van der Waals surface area contributed by atoms with E-state index in [1.54, 1.807) is 0 Å². The van der Waals surface area contributed by atoms with Crippen LogP contribution in [0.4, 0.5) is 0 Å². The highest BCUT2D eigenvalue weighted by Gasteiger charge is 2.31. The van der Waals surface area contributed by atoms with Gasteiger partial charge in [0.2, 0.25) is 11.8 Å². The van der Waals surface area contributed by atoms with Crippen LogP contribution < -0.4 is 9.47 Å². The summed E-state index contributed by atoms with van der Waals surface area (Å²) < 4.78 is 11.3. The highest BCUT2D eigenvalue weighted by Crippen LogP contribution is 2.38. The number of hydrogen-bond acceptors (Lipinski definition) is 5. The number of carbonyl (C=O) groups excluding carboxylic acids is 2. The number of carbonyl (C=O) groups is 2. The van der Waals surface area contributed by atoms with E-state index in [0.717, 1.165) is 62.4 Å². The van der Waals surface area contributed by atoms with Gasteiger partial charge in [-0.3, -0.25) is 14.5 Å². The van der Waals surface area contributed by atoms with Crippen molar-refractivity contribution in [3.8, 4) is 11.5 Å². The molecule has 2 fully saturated rings. The minimum absolute atomic E-state index is 0.0611. The molecule has 0 unspecified atom stereocenters. The van der Waals surface area contributed by atoms with Crippen LogP contribution in [-0.2, 0) is 9.59 Å². The lowest BCUT2D eigenvalue weighted by Crippen LogP contribution is -2.43. The Morgan fingerprint density at radius 2 is 1.71 bits per heavy atom. The molecule has 0 radical (unpaired) electrons. The minimum atomic E-state index is 0.0611. The van der Waals surface area contributed by atoms with Crippen LogP contribution >= 0.6 is 0 Å². The van der Waals surface area contributed by atoms with Crippen molar-refractivity contribution >= 4 is 11.8 Å². The average Bonchev–Trinajstić information content (AvgIpc) is 3.39. The maximum atomic E-state index is 12.9. The molecule has 0 bridgehead atoms. The number of amides is 2. The average molecular weight is 387 g/mol. The summed E-state index contributed by atoms with van der Waals surface area (Å²) in [7, 11) is 1.85. The molecule has 1 aromatic rings. The number of fused-ring (bicyclic) bond motifs is 1. The Hall–Kier alpha value is -2.28. The fourth-order valence-corrected chi connectivity index (χ4v) is 4.35. The summed E-state index contributed by atoms with van der Waals surface area (Å²) in [6, 6.07) is 6.03. The molecule has 0 aromatic heterocycles. The lowest BCUT2D eigenvalue weighted by atomic mass is 10.0. The van der Waals surface area contributed by atoms with E-state index in [1.165, 1.54) is 0 Å². The van der Waals surface area contributed by atoms with Gasteiger partial charge in [0.15, 0.2) is 11.5 Å². The van der Waals surface area contributed by atoms with Gasteiger partial charge in [-0.05, 0) is 50.4 Å². The van der Waals surface area contributed by atoms with Crippen molar-refractivity contribution in [1.82, 2.24) is 14.7 Å². The van der Waals surface area contributed by atoms with Gasteiger partial charge in [-0.2, -0.15) is 0 Å². The Balaban J connectivity index is 1.37. The zero-order valence-corrected chi connectivity index (χ0v) is 16.6. The van der Waals surface area contributed by atoms with Crippen molar-refractivity contribution < 1.29 is 19.1 Å². The highest BCUT2D eigenvalue weighted by atomic mass is 16.6. The van der Waals surface area contributed by atoms with Gasteiger partial charge in [-0.25, -0.2) is 0 Å². The molecule has 7 heteroatoms. The second-order valence-corrected chi connectivity index (χ2v) is 7.91. The molecule has 4 rings (SSSR count). The first-order chi connectivity index (χ1) is 13.6. The summed E-state index contributed by atoms with van der Waals surface area (Å²) in [5.74, 6) is 1.73. The van der Waals surface area contributed by atoms with Crippen LogP contribution in [-0.4, -0.2) is 79.5 Å². The van der Waals surface area contributed by atoms with Crippen molar-refractivity contribution in [3.05, 3.63) is 23.8 Å². The number of likely N-dealkylation sites (tertiary alicyclic amines) is 2. The van der Waals surface area contributed by atoms with Crippen molar-refractivity contribution in [3.63, 3.8) is 0 Å². The second kappa shape index (κ2) is 8.39. The second-order valence-electron chi connectivity index (χ2n) is 7.91. The van der Waals surface area contributed by atoms with E-state index in [9.17, 15) is 9.59 Å². The maximum Gasteiger partial charge on any atom is 0.237 e. The summed E-state index contributed by atoms with van der Waals surface area (Å²) in [5.41, 5.74) is 1.09. The molecule has 28 heavy (non-hydrogen) atoms. The molecule has 3 heterocycles. The molecule has 1 atom stereocenters. The molecule has 7 nitrogen and oxygen atoms in total. The number of ether oxygens (including phenoxy) is 2. The molecule has 0 spiro atoms. The first-order valence-electron chi connectivity index (χ1n) is 10.3. The Kier molecular flexibility index (Phi) is 5.71. The van der Waals surface area contributed by atoms with Gasteiger partial charge in [0.05, 0.1) is 19.1 Å². The monoisotopic (exact) mass is 387 g/mol. The van der Waals surface area contributed by atoms with Crippen molar-refractivity contribution in [2.45, 2.75) is 31.7 Å². The third-order valence-corrected chi connectivity index (χ3v) is 5.79. The lowest BCUT2D eigenvalue weighted by molar-refractivity contribution is -0.135. The number of benzene rings is 1. The van der Waals surface area contributed by atoms with E-state index in [1.807, 2.05) is 39.9 Å². The number of rotatable bonds is 5. The molecule has 0 saturated carbocycles. The molecular formula is C21H29N3O4. The normalized spacial score (nSPS) is 21.4. The Bertz CT molecular complexity index is 732. The van der Waals surface area contributed by atoms with E-state index >= 15 is 0 Å². The smallest absolute Gasteiger partial charge is 0.237 e. The van der Waals surface area contributed by atoms with E-state index < -0.39 is 0 Å². The van der Waals surface area contributed by atoms with Gasteiger partial charge >= 0.3 is 0 Å². The quantitative estimate of drug-likeness (QED) is 0.769. The number of likely N-dealkylation sites (N-methyl/N-ethyl adjacent to an activating group) is 1. The van der Waals surface area contributed by atoms with Crippen LogP contribution in [0.1, 0.15) is 37.3 Å². The Morgan fingerprint density at radius 1 is 1.00 bits per heavy atom. The predicted octanol–water partition coefficient (Wildman–Crippen LogP) is 1.68. The topological polar surface area (TPSA) is 62.3 Å². The maximum absolute atomic E-state index is 12.9. The van der Waals surface area contributed by atoms with E-state index in [4.69, 9.17) is 9.47 Å².